The van der Waals surface area contributed by atoms with Crippen LogP contribution in [0.3, 0.4) is 0 Å². The Morgan fingerprint density at radius 1 is 0.952 bits per heavy atom. The highest BCUT2D eigenvalue weighted by molar-refractivity contribution is 6.49. The quantitative estimate of drug-likeness (QED) is 0.620. The molecule has 1 aliphatic rings. The third kappa shape index (κ3) is 1.62. The molecule has 3 aromatic rings. The number of imidazole rings is 1. The van der Waals surface area contributed by atoms with Crippen LogP contribution >= 0.6 is 0 Å². The lowest BCUT2D eigenvalue weighted by Gasteiger charge is -2.00. The Morgan fingerprint density at radius 3 is 2.57 bits per heavy atom. The summed E-state index contributed by atoms with van der Waals surface area (Å²) in [6.07, 6.45) is 4.90. The van der Waals surface area contributed by atoms with E-state index in [0.717, 1.165) is 10.9 Å². The fourth-order valence-corrected chi connectivity index (χ4v) is 2.62. The molecule has 0 bridgehead atoms. The van der Waals surface area contributed by atoms with E-state index in [0.29, 0.717) is 17.0 Å². The first-order chi connectivity index (χ1) is 10.3. The van der Waals surface area contributed by atoms with Crippen molar-refractivity contribution in [3.8, 4) is 0 Å². The van der Waals surface area contributed by atoms with Gasteiger partial charge in [-0.2, -0.15) is 0 Å². The van der Waals surface area contributed by atoms with E-state index in [1.54, 1.807) is 18.6 Å². The molecule has 2 aromatic heterocycles. The predicted octanol–water partition coefficient (Wildman–Crippen LogP) is 1.46. The fourth-order valence-electron chi connectivity index (χ4n) is 2.62. The molecule has 0 unspecified atom stereocenters. The van der Waals surface area contributed by atoms with Gasteiger partial charge in [-0.15, -0.1) is 0 Å². The van der Waals surface area contributed by atoms with E-state index in [4.69, 9.17) is 0 Å². The monoisotopic (exact) mass is 278 g/mol. The van der Waals surface area contributed by atoms with Gasteiger partial charge >= 0.3 is 0 Å². The number of para-hydroxylation sites is 1. The first kappa shape index (κ1) is 11.7. The van der Waals surface area contributed by atoms with Gasteiger partial charge in [0.2, 0.25) is 0 Å². The first-order valence-electron chi connectivity index (χ1n) is 6.42. The van der Waals surface area contributed by atoms with E-state index in [9.17, 15) is 9.59 Å². The molecule has 3 N–H and O–H groups in total. The summed E-state index contributed by atoms with van der Waals surface area (Å²) >= 11 is 0. The smallest absolute Gasteiger partial charge is 0.262 e. The van der Waals surface area contributed by atoms with Crippen LogP contribution in [0.15, 0.2) is 42.9 Å². The average molecular weight is 278 g/mol. The molecule has 4 rings (SSSR count). The number of rotatable bonds is 2. The normalized spacial score (nSPS) is 15.0. The largest absolute Gasteiger partial charge is 0.361 e. The van der Waals surface area contributed by atoms with Gasteiger partial charge in [-0.3, -0.25) is 14.9 Å². The maximum Gasteiger partial charge on any atom is 0.262 e. The second kappa shape index (κ2) is 4.17. The molecule has 0 atom stereocenters. The molecular formula is C15H10N4O2. The van der Waals surface area contributed by atoms with Crippen molar-refractivity contribution in [1.29, 1.82) is 0 Å². The van der Waals surface area contributed by atoms with Crippen molar-refractivity contribution in [2.75, 3.05) is 0 Å². The van der Waals surface area contributed by atoms with Crippen LogP contribution in [0.2, 0.25) is 0 Å². The topological polar surface area (TPSA) is 90.6 Å². The highest BCUT2D eigenvalue weighted by Crippen LogP contribution is 2.33. The minimum atomic E-state index is -0.435. The first-order valence-corrected chi connectivity index (χ1v) is 6.42. The van der Waals surface area contributed by atoms with Gasteiger partial charge in [0.25, 0.3) is 11.8 Å². The molecule has 6 nitrogen and oxygen atoms in total. The van der Waals surface area contributed by atoms with E-state index >= 15 is 0 Å². The molecule has 0 aliphatic carbocycles. The molecule has 0 saturated heterocycles. The molecule has 102 valence electrons. The van der Waals surface area contributed by atoms with Gasteiger partial charge in [-0.05, 0) is 6.07 Å². The third-order valence-corrected chi connectivity index (χ3v) is 3.52. The fraction of sp³-hybridized carbons (Fsp3) is 0. The van der Waals surface area contributed by atoms with Crippen molar-refractivity contribution >= 4 is 33.9 Å². The Morgan fingerprint density at radius 2 is 1.76 bits per heavy atom. The van der Waals surface area contributed by atoms with Gasteiger partial charge in [-0.1, -0.05) is 18.2 Å². The highest BCUT2D eigenvalue weighted by Gasteiger charge is 2.34. The van der Waals surface area contributed by atoms with Crippen LogP contribution in [0, 0.1) is 0 Å². The minimum absolute atomic E-state index is 0.273. The molecule has 3 heterocycles. The Balaban J connectivity index is 2.04. The summed E-state index contributed by atoms with van der Waals surface area (Å²) in [4.78, 5) is 34.3. The lowest BCUT2D eigenvalue weighted by Crippen LogP contribution is -2.22. The molecule has 0 saturated carbocycles. The van der Waals surface area contributed by atoms with Crippen molar-refractivity contribution in [2.45, 2.75) is 0 Å². The Kier molecular flexibility index (Phi) is 2.32. The molecule has 21 heavy (non-hydrogen) atoms. The molecule has 0 spiro atoms. The van der Waals surface area contributed by atoms with Crippen molar-refractivity contribution in [3.05, 3.63) is 54.2 Å². The summed E-state index contributed by atoms with van der Waals surface area (Å²) in [6.45, 7) is 0. The maximum atomic E-state index is 12.2. The number of aromatic amines is 2. The number of aromatic nitrogens is 3. The zero-order chi connectivity index (χ0) is 14.4. The number of carbonyl (C=O) groups excluding carboxylic acids is 2. The number of amides is 2. The van der Waals surface area contributed by atoms with Gasteiger partial charge in [0.1, 0.15) is 5.82 Å². The summed E-state index contributed by atoms with van der Waals surface area (Å²) in [5, 5.41) is 3.22. The summed E-state index contributed by atoms with van der Waals surface area (Å²) in [5.74, 6) is -0.454. The van der Waals surface area contributed by atoms with E-state index in [-0.39, 0.29) is 5.57 Å². The second-order valence-corrected chi connectivity index (χ2v) is 4.72. The van der Waals surface area contributed by atoms with Gasteiger partial charge in [0, 0.05) is 35.1 Å². The third-order valence-electron chi connectivity index (χ3n) is 3.52. The number of hydrogen-bond acceptors (Lipinski definition) is 3. The van der Waals surface area contributed by atoms with E-state index in [1.165, 1.54) is 0 Å². The van der Waals surface area contributed by atoms with E-state index in [1.807, 2.05) is 24.3 Å². The molecule has 2 amide bonds. The van der Waals surface area contributed by atoms with E-state index < -0.39 is 11.8 Å². The number of nitrogens with one attached hydrogen (secondary N) is 3. The predicted molar refractivity (Wildman–Crippen MR) is 76.9 cm³/mol. The number of imide groups is 1. The minimum Gasteiger partial charge on any atom is -0.361 e. The SMILES string of the molecule is O=C1NC(=O)C(c2c[nH]c3ccccc23)=C1c1ncc[nH]1. The van der Waals surface area contributed by atoms with Crippen molar-refractivity contribution in [1.82, 2.24) is 20.3 Å². The van der Waals surface area contributed by atoms with Crippen molar-refractivity contribution in [3.63, 3.8) is 0 Å². The molecular weight excluding hydrogens is 268 g/mol. The van der Waals surface area contributed by atoms with E-state index in [2.05, 4.69) is 20.3 Å². The number of H-pyrrole nitrogens is 2. The summed E-state index contributed by atoms with van der Waals surface area (Å²) < 4.78 is 0. The maximum absolute atomic E-state index is 12.2. The number of fused-ring (bicyclic) bond motifs is 1. The standard InChI is InChI=1S/C15H10N4O2/c20-14-11(9-7-18-10-4-2-1-3-8(9)10)12(15(21)19-14)13-16-5-6-17-13/h1-7,18H,(H,16,17)(H,19,20,21). The number of nitrogens with zero attached hydrogens (tertiary/aromatic N) is 1. The lowest BCUT2D eigenvalue weighted by molar-refractivity contribution is -0.122. The van der Waals surface area contributed by atoms with Crippen LogP contribution in [-0.4, -0.2) is 26.8 Å². The van der Waals surface area contributed by atoms with Crippen LogP contribution < -0.4 is 5.32 Å². The Hall–Kier alpha value is -3.15. The zero-order valence-corrected chi connectivity index (χ0v) is 10.8. The Bertz CT molecular complexity index is 903. The van der Waals surface area contributed by atoms with Crippen LogP contribution in [-0.2, 0) is 9.59 Å². The molecule has 0 fully saturated rings. The van der Waals surface area contributed by atoms with Crippen molar-refractivity contribution in [2.24, 2.45) is 0 Å². The highest BCUT2D eigenvalue weighted by atomic mass is 16.2. The second-order valence-electron chi connectivity index (χ2n) is 4.72. The molecule has 6 heteroatoms. The summed E-state index contributed by atoms with van der Waals surface area (Å²) in [6, 6.07) is 7.62. The summed E-state index contributed by atoms with van der Waals surface area (Å²) in [7, 11) is 0. The molecule has 0 radical (unpaired) electrons. The average Bonchev–Trinajstić information content (AvgIpc) is 3.17. The molecule has 1 aliphatic heterocycles. The zero-order valence-electron chi connectivity index (χ0n) is 10.8. The van der Waals surface area contributed by atoms with Crippen molar-refractivity contribution < 1.29 is 9.59 Å². The van der Waals surface area contributed by atoms with Gasteiger partial charge in [-0.25, -0.2) is 4.98 Å². The van der Waals surface area contributed by atoms with Crippen LogP contribution in [0.5, 0.6) is 0 Å². The summed E-state index contributed by atoms with van der Waals surface area (Å²) in [5.41, 5.74) is 2.22. The lowest BCUT2D eigenvalue weighted by atomic mass is 10.0. The van der Waals surface area contributed by atoms with Gasteiger partial charge in [0.15, 0.2) is 0 Å². The number of hydrogen-bond donors (Lipinski definition) is 3. The number of carbonyl (C=O) groups is 2. The Labute approximate surface area is 118 Å². The molecule has 1 aromatic carbocycles. The van der Waals surface area contributed by atoms with Crippen LogP contribution in [0.25, 0.3) is 22.0 Å². The van der Waals surface area contributed by atoms with Gasteiger partial charge in [0.05, 0.1) is 11.1 Å². The number of benzene rings is 1. The van der Waals surface area contributed by atoms with Crippen LogP contribution in [0.4, 0.5) is 0 Å². The van der Waals surface area contributed by atoms with Crippen LogP contribution in [0.1, 0.15) is 11.4 Å². The van der Waals surface area contributed by atoms with Gasteiger partial charge < -0.3 is 9.97 Å².